The van der Waals surface area contributed by atoms with Gasteiger partial charge in [-0.1, -0.05) is 24.4 Å². The zero-order valence-corrected chi connectivity index (χ0v) is 16.4. The van der Waals surface area contributed by atoms with Crippen molar-refractivity contribution in [3.05, 3.63) is 48.2 Å². The Morgan fingerprint density at radius 1 is 1.11 bits per heavy atom. The van der Waals surface area contributed by atoms with Crippen LogP contribution in [-0.2, 0) is 4.79 Å². The molecular weight excluding hydrogens is 374 g/mol. The molecule has 1 aromatic carbocycles. The number of anilines is 3. The van der Waals surface area contributed by atoms with Gasteiger partial charge in [-0.3, -0.25) is 19.5 Å². The molecule has 0 bridgehead atoms. The molecule has 1 aromatic heterocycles. The highest BCUT2D eigenvalue weighted by Gasteiger charge is 2.30. The number of aliphatic hydroxyl groups excluding tert-OH is 1. The zero-order chi connectivity index (χ0) is 19.5. The fourth-order valence-electron chi connectivity index (χ4n) is 3.66. The number of β-amino-alcohol motifs (C(OH)–C–C–N with tert-alkyl or cyclic N) is 1. The van der Waals surface area contributed by atoms with Crippen molar-refractivity contribution in [1.29, 1.82) is 0 Å². The van der Waals surface area contributed by atoms with Gasteiger partial charge in [-0.15, -0.1) is 0 Å². The van der Waals surface area contributed by atoms with E-state index in [0.29, 0.717) is 23.9 Å². The van der Waals surface area contributed by atoms with Gasteiger partial charge in [0.25, 0.3) is 0 Å². The first-order chi connectivity index (χ1) is 13.7. The number of fused-ring (bicyclic) bond motifs is 2. The minimum Gasteiger partial charge on any atom is -0.395 e. The van der Waals surface area contributed by atoms with Crippen LogP contribution in [0.4, 0.5) is 17.2 Å². The van der Waals surface area contributed by atoms with Crippen LogP contribution in [-0.4, -0.2) is 76.7 Å². The maximum Gasteiger partial charge on any atom is 0.246 e. The van der Waals surface area contributed by atoms with Crippen LogP contribution in [0.3, 0.4) is 0 Å². The van der Waals surface area contributed by atoms with Gasteiger partial charge in [0.05, 0.1) is 30.1 Å². The monoisotopic (exact) mass is 397 g/mol. The summed E-state index contributed by atoms with van der Waals surface area (Å²) in [7, 11) is 0. The average molecular weight is 398 g/mol. The van der Waals surface area contributed by atoms with Crippen LogP contribution in [0.1, 0.15) is 5.56 Å². The van der Waals surface area contributed by atoms with E-state index in [1.54, 1.807) is 11.1 Å². The topological polar surface area (TPSA) is 71.9 Å². The van der Waals surface area contributed by atoms with Crippen molar-refractivity contribution in [2.75, 3.05) is 56.1 Å². The first-order valence-electron chi connectivity index (χ1n) is 9.41. The van der Waals surface area contributed by atoms with Gasteiger partial charge in [0, 0.05) is 38.9 Å². The maximum absolute atomic E-state index is 13.4. The summed E-state index contributed by atoms with van der Waals surface area (Å²) >= 11 is 5.54. The van der Waals surface area contributed by atoms with Crippen LogP contribution in [0.15, 0.2) is 42.6 Å². The number of amides is 1. The number of aliphatic hydroxyl groups is 1. The van der Waals surface area contributed by atoms with E-state index in [-0.39, 0.29) is 12.5 Å². The number of para-hydroxylation sites is 2. The van der Waals surface area contributed by atoms with Crippen LogP contribution in [0.2, 0.25) is 0 Å². The van der Waals surface area contributed by atoms with Crippen molar-refractivity contribution in [2.24, 2.45) is 0 Å². The number of carbonyl (C=O) groups excluding carboxylic acids is 1. The number of nitrogens with one attached hydrogen (secondary N) is 1. The second-order valence-electron chi connectivity index (χ2n) is 6.92. The summed E-state index contributed by atoms with van der Waals surface area (Å²) in [5.74, 6) is 0.531. The summed E-state index contributed by atoms with van der Waals surface area (Å²) in [5, 5.41) is 12.3. The summed E-state index contributed by atoms with van der Waals surface area (Å²) in [6, 6.07) is 11.4. The van der Waals surface area contributed by atoms with Gasteiger partial charge in [-0.2, -0.15) is 0 Å². The molecule has 0 unspecified atom stereocenters. The molecule has 7 nitrogen and oxygen atoms in total. The van der Waals surface area contributed by atoms with E-state index in [4.69, 9.17) is 17.3 Å². The molecule has 28 heavy (non-hydrogen) atoms. The van der Waals surface area contributed by atoms with Crippen molar-refractivity contribution < 1.29 is 9.90 Å². The van der Waals surface area contributed by atoms with Gasteiger partial charge in [-0.25, -0.2) is 4.98 Å². The van der Waals surface area contributed by atoms with E-state index in [1.165, 1.54) is 0 Å². The fourth-order valence-corrected chi connectivity index (χ4v) is 3.93. The molecule has 3 heterocycles. The third-order valence-electron chi connectivity index (χ3n) is 5.13. The van der Waals surface area contributed by atoms with Crippen molar-refractivity contribution >= 4 is 40.3 Å². The Kier molecular flexibility index (Phi) is 5.63. The van der Waals surface area contributed by atoms with E-state index in [0.717, 1.165) is 43.1 Å². The lowest BCUT2D eigenvalue weighted by atomic mass is 10.2. The zero-order valence-electron chi connectivity index (χ0n) is 15.5. The number of hydrogen-bond donors (Lipinski definition) is 2. The molecule has 146 valence electrons. The van der Waals surface area contributed by atoms with E-state index in [9.17, 15) is 4.79 Å². The van der Waals surface area contributed by atoms with E-state index >= 15 is 0 Å². The van der Waals surface area contributed by atoms with Gasteiger partial charge in [0.1, 0.15) is 10.8 Å². The lowest BCUT2D eigenvalue weighted by molar-refractivity contribution is -0.119. The minimum atomic E-state index is -0.0329. The predicted octanol–water partition coefficient (Wildman–Crippen LogP) is 1.46. The third kappa shape index (κ3) is 3.77. The number of hydrogen-bond acceptors (Lipinski definition) is 6. The lowest BCUT2D eigenvalue weighted by Gasteiger charge is -2.35. The number of aromatic nitrogens is 1. The van der Waals surface area contributed by atoms with E-state index in [2.05, 4.69) is 20.1 Å². The van der Waals surface area contributed by atoms with Crippen molar-refractivity contribution in [2.45, 2.75) is 0 Å². The highest BCUT2D eigenvalue weighted by Crippen LogP contribution is 2.36. The molecule has 2 aliphatic rings. The molecule has 0 radical (unpaired) electrons. The molecule has 0 aliphatic carbocycles. The molecule has 0 spiro atoms. The maximum atomic E-state index is 13.4. The van der Waals surface area contributed by atoms with Crippen LogP contribution in [0.5, 0.6) is 0 Å². The van der Waals surface area contributed by atoms with Crippen LogP contribution >= 0.6 is 12.2 Å². The van der Waals surface area contributed by atoms with Gasteiger partial charge in [0.15, 0.2) is 0 Å². The van der Waals surface area contributed by atoms with Gasteiger partial charge < -0.3 is 10.4 Å². The second-order valence-corrected chi connectivity index (χ2v) is 7.32. The van der Waals surface area contributed by atoms with Gasteiger partial charge >= 0.3 is 0 Å². The molecule has 4 rings (SSSR count). The number of benzene rings is 1. The molecule has 1 amide bonds. The summed E-state index contributed by atoms with van der Waals surface area (Å²) in [5.41, 5.74) is 2.30. The van der Waals surface area contributed by atoms with Crippen LogP contribution in [0, 0.1) is 0 Å². The fraction of sp³-hybridized carbons (Fsp3) is 0.350. The molecule has 1 fully saturated rings. The number of pyridine rings is 1. The molecule has 2 aromatic rings. The Morgan fingerprint density at radius 3 is 2.64 bits per heavy atom. The number of rotatable bonds is 4. The van der Waals surface area contributed by atoms with Crippen molar-refractivity contribution in [1.82, 2.24) is 14.8 Å². The molecule has 2 N–H and O–H groups in total. The van der Waals surface area contributed by atoms with Gasteiger partial charge in [0.2, 0.25) is 5.91 Å². The van der Waals surface area contributed by atoms with Crippen LogP contribution < -0.4 is 10.2 Å². The summed E-state index contributed by atoms with van der Waals surface area (Å²) in [4.78, 5) is 24.5. The van der Waals surface area contributed by atoms with Crippen molar-refractivity contribution in [3.63, 3.8) is 0 Å². The summed E-state index contributed by atoms with van der Waals surface area (Å²) in [6.45, 7) is 4.46. The molecular formula is C20H23N5O2S. The number of thiocarbonyl (C=S) groups is 1. The smallest absolute Gasteiger partial charge is 0.246 e. The summed E-state index contributed by atoms with van der Waals surface area (Å²) < 4.78 is 0. The van der Waals surface area contributed by atoms with Crippen LogP contribution in [0.25, 0.3) is 0 Å². The number of piperazine rings is 1. The molecule has 1 saturated heterocycles. The Morgan fingerprint density at radius 2 is 1.86 bits per heavy atom. The van der Waals surface area contributed by atoms with Crippen molar-refractivity contribution in [3.8, 4) is 0 Å². The number of nitrogens with zero attached hydrogens (tertiary/aromatic N) is 4. The second kappa shape index (κ2) is 8.32. The quantitative estimate of drug-likeness (QED) is 0.757. The standard InChI is InChI=1S/C20H23N5O2S/c26-13-12-23-8-10-24(11-9-23)14-18(27)25-17-6-2-1-5-16(17)22-20(28)15-4-3-7-21-19(15)25/h1-7,26H,8-14H2,(H,22,28). The predicted molar refractivity (Wildman–Crippen MR) is 113 cm³/mol. The van der Waals surface area contributed by atoms with E-state index < -0.39 is 0 Å². The first kappa shape index (κ1) is 18.9. The third-order valence-corrected chi connectivity index (χ3v) is 5.45. The Balaban J connectivity index is 1.61. The Bertz CT molecular complexity index is 882. The minimum absolute atomic E-state index is 0.0329. The molecule has 8 heteroatoms. The first-order valence-corrected chi connectivity index (χ1v) is 9.82. The summed E-state index contributed by atoms with van der Waals surface area (Å²) in [6.07, 6.45) is 1.68. The highest BCUT2D eigenvalue weighted by atomic mass is 32.1. The Hall–Kier alpha value is -2.39. The molecule has 0 saturated carbocycles. The largest absolute Gasteiger partial charge is 0.395 e. The van der Waals surface area contributed by atoms with Gasteiger partial charge in [-0.05, 0) is 24.3 Å². The average Bonchev–Trinajstić information content (AvgIpc) is 2.83. The highest BCUT2D eigenvalue weighted by molar-refractivity contribution is 7.81. The lowest BCUT2D eigenvalue weighted by Crippen LogP contribution is -2.50. The number of carbonyl (C=O) groups is 1. The molecule has 2 aliphatic heterocycles. The Labute approximate surface area is 169 Å². The van der Waals surface area contributed by atoms with E-state index in [1.807, 2.05) is 36.4 Å². The molecule has 0 atom stereocenters. The SMILES string of the molecule is O=C(CN1CCN(CCO)CC1)N1c2ccccc2NC(=S)c2cccnc21. The normalized spacial score (nSPS) is 17.5.